The molecule has 0 aliphatic rings. The van der Waals surface area contributed by atoms with Crippen molar-refractivity contribution in [3.05, 3.63) is 52.1 Å². The minimum Gasteiger partial charge on any atom is -0.477 e. The van der Waals surface area contributed by atoms with Gasteiger partial charge in [0.15, 0.2) is 0 Å². The van der Waals surface area contributed by atoms with Gasteiger partial charge in [0.2, 0.25) is 0 Å². The number of aromatic carboxylic acids is 1. The fraction of sp³-hybridized carbons (Fsp3) is 0.0714. The van der Waals surface area contributed by atoms with Crippen molar-refractivity contribution in [3.8, 4) is 0 Å². The number of amides is 1. The van der Waals surface area contributed by atoms with Gasteiger partial charge in [-0.15, -0.1) is 11.3 Å². The maximum atomic E-state index is 12.2. The fourth-order valence-electron chi connectivity index (χ4n) is 1.98. The van der Waals surface area contributed by atoms with Gasteiger partial charge >= 0.3 is 5.97 Å². The van der Waals surface area contributed by atoms with E-state index in [1.165, 1.54) is 0 Å². The molecule has 3 aromatic rings. The van der Waals surface area contributed by atoms with Gasteiger partial charge in [-0.05, 0) is 30.0 Å². The minimum absolute atomic E-state index is 0.115. The molecular formula is C14H11N3O3S. The number of carbonyl (C=O) groups is 2. The number of hydrogen-bond acceptors (Lipinski definition) is 4. The topological polar surface area (TPSA) is 83.7 Å². The summed E-state index contributed by atoms with van der Waals surface area (Å²) in [5.74, 6) is -1.49. The first-order valence-corrected chi connectivity index (χ1v) is 7.00. The van der Waals surface area contributed by atoms with Gasteiger partial charge in [-0.1, -0.05) is 6.07 Å². The Bertz CT molecular complexity index is 817. The van der Waals surface area contributed by atoms with Crippen LogP contribution in [0.5, 0.6) is 0 Å². The predicted octanol–water partition coefficient (Wildman–Crippen LogP) is 2.65. The van der Waals surface area contributed by atoms with Gasteiger partial charge in [0, 0.05) is 12.4 Å². The summed E-state index contributed by atoms with van der Waals surface area (Å²) < 4.78 is 1.73. The number of nitrogens with one attached hydrogen (secondary N) is 1. The highest BCUT2D eigenvalue weighted by Gasteiger charge is 2.19. The monoisotopic (exact) mass is 301 g/mol. The van der Waals surface area contributed by atoms with E-state index < -0.39 is 11.9 Å². The number of pyridine rings is 1. The van der Waals surface area contributed by atoms with Crippen LogP contribution in [0.4, 0.5) is 5.69 Å². The van der Waals surface area contributed by atoms with Gasteiger partial charge in [-0.25, -0.2) is 9.78 Å². The number of thiophene rings is 1. The third kappa shape index (κ3) is 2.38. The second-order valence-electron chi connectivity index (χ2n) is 4.47. The standard InChI is InChI=1S/C14H11N3O3S/c1-8-7-21-12(14(19)20)11(8)16-13(18)9-6-17-5-3-2-4-10(17)15-9/h2-7H,1H3,(H,16,18)(H,19,20). The van der Waals surface area contributed by atoms with Crippen molar-refractivity contribution in [1.82, 2.24) is 9.38 Å². The summed E-state index contributed by atoms with van der Waals surface area (Å²) in [7, 11) is 0. The van der Waals surface area contributed by atoms with E-state index in [9.17, 15) is 9.59 Å². The number of rotatable bonds is 3. The first-order valence-electron chi connectivity index (χ1n) is 6.12. The Morgan fingerprint density at radius 1 is 1.38 bits per heavy atom. The quantitative estimate of drug-likeness (QED) is 0.779. The first kappa shape index (κ1) is 13.3. The van der Waals surface area contributed by atoms with E-state index in [0.717, 1.165) is 16.9 Å². The van der Waals surface area contributed by atoms with E-state index in [1.807, 2.05) is 12.1 Å². The number of aromatic nitrogens is 2. The summed E-state index contributed by atoms with van der Waals surface area (Å²) in [6, 6.07) is 5.45. The molecule has 6 nitrogen and oxygen atoms in total. The molecule has 3 heterocycles. The summed E-state index contributed by atoms with van der Waals surface area (Å²) in [5, 5.41) is 13.4. The van der Waals surface area contributed by atoms with Crippen LogP contribution >= 0.6 is 11.3 Å². The molecule has 3 aromatic heterocycles. The number of hydrogen-bond donors (Lipinski definition) is 2. The molecule has 0 aliphatic heterocycles. The molecule has 1 amide bonds. The summed E-state index contributed by atoms with van der Waals surface area (Å²) in [6.07, 6.45) is 3.39. The number of fused-ring (bicyclic) bond motifs is 1. The second-order valence-corrected chi connectivity index (χ2v) is 5.35. The van der Waals surface area contributed by atoms with E-state index >= 15 is 0 Å². The molecule has 0 unspecified atom stereocenters. The molecule has 0 bridgehead atoms. The summed E-state index contributed by atoms with van der Waals surface area (Å²) >= 11 is 1.09. The van der Waals surface area contributed by atoms with Crippen LogP contribution in [0, 0.1) is 6.92 Å². The second kappa shape index (κ2) is 5.02. The summed E-state index contributed by atoms with van der Waals surface area (Å²) in [4.78, 5) is 27.7. The Balaban J connectivity index is 1.93. The van der Waals surface area contributed by atoms with Crippen molar-refractivity contribution < 1.29 is 14.7 Å². The zero-order valence-corrected chi connectivity index (χ0v) is 11.8. The van der Waals surface area contributed by atoms with Crippen molar-refractivity contribution >= 4 is 34.5 Å². The highest BCUT2D eigenvalue weighted by Crippen LogP contribution is 2.28. The van der Waals surface area contributed by atoms with Crippen LogP contribution in [0.25, 0.3) is 5.65 Å². The lowest BCUT2D eigenvalue weighted by molar-refractivity contribution is 0.0703. The number of carbonyl (C=O) groups excluding carboxylic acids is 1. The Morgan fingerprint density at radius 2 is 2.19 bits per heavy atom. The largest absolute Gasteiger partial charge is 0.477 e. The number of imidazole rings is 1. The molecular weight excluding hydrogens is 290 g/mol. The molecule has 0 saturated carbocycles. The van der Waals surface area contributed by atoms with Gasteiger partial charge in [0.1, 0.15) is 16.2 Å². The molecule has 0 saturated heterocycles. The lowest BCUT2D eigenvalue weighted by Crippen LogP contribution is -2.14. The van der Waals surface area contributed by atoms with Crippen LogP contribution in [0.1, 0.15) is 25.7 Å². The van der Waals surface area contributed by atoms with Crippen LogP contribution in [0.3, 0.4) is 0 Å². The molecule has 0 aromatic carbocycles. The SMILES string of the molecule is Cc1csc(C(=O)O)c1NC(=O)c1cn2ccccc2n1. The Kier molecular flexibility index (Phi) is 3.19. The molecule has 0 aliphatic carbocycles. The van der Waals surface area contributed by atoms with Crippen LogP contribution < -0.4 is 5.32 Å². The Morgan fingerprint density at radius 3 is 2.90 bits per heavy atom. The number of carboxylic acid groups (broad SMARTS) is 1. The number of aryl methyl sites for hydroxylation is 1. The molecule has 7 heteroatoms. The van der Waals surface area contributed by atoms with E-state index in [-0.39, 0.29) is 10.6 Å². The normalized spacial score (nSPS) is 10.7. The molecule has 106 valence electrons. The average Bonchev–Trinajstić information content (AvgIpc) is 3.03. The average molecular weight is 301 g/mol. The maximum Gasteiger partial charge on any atom is 0.348 e. The van der Waals surface area contributed by atoms with E-state index in [2.05, 4.69) is 10.3 Å². The van der Waals surface area contributed by atoms with Gasteiger partial charge in [-0.3, -0.25) is 4.79 Å². The van der Waals surface area contributed by atoms with Crippen LogP contribution in [-0.2, 0) is 0 Å². The third-order valence-corrected chi connectivity index (χ3v) is 4.09. The molecule has 3 rings (SSSR count). The van der Waals surface area contributed by atoms with Gasteiger partial charge in [0.05, 0.1) is 5.69 Å². The van der Waals surface area contributed by atoms with E-state index in [0.29, 0.717) is 11.3 Å². The van der Waals surface area contributed by atoms with Crippen molar-refractivity contribution in [2.45, 2.75) is 6.92 Å². The lowest BCUT2D eigenvalue weighted by Gasteiger charge is -2.04. The predicted molar refractivity (Wildman–Crippen MR) is 79.2 cm³/mol. The highest BCUT2D eigenvalue weighted by molar-refractivity contribution is 7.12. The maximum absolute atomic E-state index is 12.2. The van der Waals surface area contributed by atoms with E-state index in [4.69, 9.17) is 5.11 Å². The Hall–Kier alpha value is -2.67. The van der Waals surface area contributed by atoms with E-state index in [1.54, 1.807) is 35.2 Å². The fourth-order valence-corrected chi connectivity index (χ4v) is 2.82. The highest BCUT2D eigenvalue weighted by atomic mass is 32.1. The minimum atomic E-state index is -1.06. The van der Waals surface area contributed by atoms with Crippen LogP contribution in [0.2, 0.25) is 0 Å². The van der Waals surface area contributed by atoms with Crippen LogP contribution in [-0.4, -0.2) is 26.4 Å². The summed E-state index contributed by atoms with van der Waals surface area (Å²) in [6.45, 7) is 1.75. The first-order chi connectivity index (χ1) is 10.1. The van der Waals surface area contributed by atoms with Crippen molar-refractivity contribution in [1.29, 1.82) is 0 Å². The smallest absolute Gasteiger partial charge is 0.348 e. The zero-order valence-electron chi connectivity index (χ0n) is 11.0. The molecule has 0 radical (unpaired) electrons. The van der Waals surface area contributed by atoms with Crippen molar-refractivity contribution in [3.63, 3.8) is 0 Å². The van der Waals surface area contributed by atoms with Crippen LogP contribution in [0.15, 0.2) is 36.0 Å². The summed E-state index contributed by atoms with van der Waals surface area (Å²) in [5.41, 5.74) is 1.94. The van der Waals surface area contributed by atoms with Gasteiger partial charge in [0.25, 0.3) is 5.91 Å². The number of carboxylic acids is 1. The van der Waals surface area contributed by atoms with Gasteiger partial charge in [-0.2, -0.15) is 0 Å². The molecule has 0 fully saturated rings. The van der Waals surface area contributed by atoms with Gasteiger partial charge < -0.3 is 14.8 Å². The molecule has 21 heavy (non-hydrogen) atoms. The number of nitrogens with zero attached hydrogens (tertiary/aromatic N) is 2. The molecule has 0 spiro atoms. The number of anilines is 1. The zero-order chi connectivity index (χ0) is 15.0. The third-order valence-electron chi connectivity index (χ3n) is 3.00. The lowest BCUT2D eigenvalue weighted by atomic mass is 10.2. The van der Waals surface area contributed by atoms with Crippen molar-refractivity contribution in [2.24, 2.45) is 0 Å². The molecule has 0 atom stereocenters. The van der Waals surface area contributed by atoms with Crippen molar-refractivity contribution in [2.75, 3.05) is 5.32 Å². The molecule has 2 N–H and O–H groups in total. The Labute approximate surface area is 123 Å².